The summed E-state index contributed by atoms with van der Waals surface area (Å²) < 4.78 is 5.65. The van der Waals surface area contributed by atoms with Gasteiger partial charge in [0.2, 0.25) is 5.91 Å². The second-order valence-corrected chi connectivity index (χ2v) is 6.70. The van der Waals surface area contributed by atoms with E-state index in [2.05, 4.69) is 5.32 Å². The third-order valence-electron chi connectivity index (χ3n) is 4.13. The minimum Gasteiger partial charge on any atom is -0.494 e. The number of anilines is 1. The summed E-state index contributed by atoms with van der Waals surface area (Å²) in [5.41, 5.74) is 1.88. The highest BCUT2D eigenvalue weighted by atomic mass is 35.5. The third kappa shape index (κ3) is 3.37. The van der Waals surface area contributed by atoms with Crippen molar-refractivity contribution in [3.63, 3.8) is 0 Å². The number of nitrogens with one attached hydrogen (secondary N) is 1. The first kappa shape index (κ1) is 18.5. The van der Waals surface area contributed by atoms with E-state index in [1.165, 1.54) is 6.92 Å². The van der Waals surface area contributed by atoms with Gasteiger partial charge >= 0.3 is 0 Å². The zero-order valence-corrected chi connectivity index (χ0v) is 15.9. The van der Waals surface area contributed by atoms with Crippen LogP contribution in [0.2, 0.25) is 10.0 Å². The number of amides is 2. The van der Waals surface area contributed by atoms with E-state index in [9.17, 15) is 9.59 Å². The zero-order chi connectivity index (χ0) is 18.8. The second kappa shape index (κ2) is 7.56. The lowest BCUT2D eigenvalue weighted by molar-refractivity contribution is -0.126. The fourth-order valence-electron chi connectivity index (χ4n) is 3.09. The van der Waals surface area contributed by atoms with Crippen LogP contribution in [-0.2, 0) is 16.1 Å². The molecule has 0 fully saturated rings. The van der Waals surface area contributed by atoms with Gasteiger partial charge in [-0.2, -0.15) is 0 Å². The van der Waals surface area contributed by atoms with E-state index in [-0.39, 0.29) is 18.4 Å². The number of hydrogen-bond acceptors (Lipinski definition) is 3. The molecule has 2 aromatic carbocycles. The highest BCUT2D eigenvalue weighted by molar-refractivity contribution is 6.38. The number of fused-ring (bicyclic) bond motifs is 1. The van der Waals surface area contributed by atoms with Gasteiger partial charge in [-0.05, 0) is 25.1 Å². The fraction of sp³-hybridized carbons (Fsp3) is 0.263. The van der Waals surface area contributed by atoms with Crippen LogP contribution in [0.4, 0.5) is 5.69 Å². The van der Waals surface area contributed by atoms with Crippen LogP contribution in [0.1, 0.15) is 31.0 Å². The topological polar surface area (TPSA) is 58.6 Å². The maximum atomic E-state index is 13.0. The molecule has 0 radical (unpaired) electrons. The Morgan fingerprint density at radius 1 is 1.19 bits per heavy atom. The molecule has 2 amide bonds. The van der Waals surface area contributed by atoms with E-state index in [1.54, 1.807) is 17.0 Å². The van der Waals surface area contributed by atoms with E-state index in [0.717, 1.165) is 5.56 Å². The molecule has 2 aromatic rings. The van der Waals surface area contributed by atoms with Crippen LogP contribution in [0.15, 0.2) is 36.4 Å². The van der Waals surface area contributed by atoms with E-state index in [4.69, 9.17) is 27.9 Å². The van der Waals surface area contributed by atoms with Gasteiger partial charge in [0.25, 0.3) is 5.91 Å². The van der Waals surface area contributed by atoms with Crippen molar-refractivity contribution in [2.45, 2.75) is 26.4 Å². The Bertz CT molecular complexity index is 870. The Labute approximate surface area is 161 Å². The quantitative estimate of drug-likeness (QED) is 0.832. The molecule has 1 aliphatic heterocycles. The van der Waals surface area contributed by atoms with Gasteiger partial charge in [-0.3, -0.25) is 9.59 Å². The van der Waals surface area contributed by atoms with Crippen LogP contribution in [0.3, 0.4) is 0 Å². The Morgan fingerprint density at radius 2 is 1.88 bits per heavy atom. The van der Waals surface area contributed by atoms with Gasteiger partial charge in [-0.15, -0.1) is 0 Å². The van der Waals surface area contributed by atoms with Crippen LogP contribution in [-0.4, -0.2) is 18.4 Å². The predicted molar refractivity (Wildman–Crippen MR) is 102 cm³/mol. The molecule has 7 heteroatoms. The van der Waals surface area contributed by atoms with Gasteiger partial charge in [0.15, 0.2) is 0 Å². The molecule has 1 N–H and O–H groups in total. The van der Waals surface area contributed by atoms with Gasteiger partial charge in [-0.1, -0.05) is 41.4 Å². The van der Waals surface area contributed by atoms with Crippen molar-refractivity contribution >= 4 is 40.7 Å². The molecule has 0 unspecified atom stereocenters. The van der Waals surface area contributed by atoms with Crippen LogP contribution in [0, 0.1) is 0 Å². The van der Waals surface area contributed by atoms with Gasteiger partial charge in [-0.25, -0.2) is 0 Å². The first-order valence-electron chi connectivity index (χ1n) is 8.21. The summed E-state index contributed by atoms with van der Waals surface area (Å²) in [5, 5.41) is 3.46. The number of hydrogen-bond donors (Lipinski definition) is 1. The maximum absolute atomic E-state index is 13.0. The standard InChI is InChI=1S/C19H18Cl2N2O3/c1-3-26-15-7-5-4-6-12(15)10-23-18-14(21)9-8-13(20)16(18)17(19(23)25)22-11(2)24/h4-9,17H,3,10H2,1-2H3,(H,22,24)/t17-/m0/s1. The maximum Gasteiger partial charge on any atom is 0.254 e. The monoisotopic (exact) mass is 392 g/mol. The molecule has 1 heterocycles. The van der Waals surface area contributed by atoms with Gasteiger partial charge in [0.05, 0.1) is 23.9 Å². The summed E-state index contributed by atoms with van der Waals surface area (Å²) in [4.78, 5) is 26.2. The van der Waals surface area contributed by atoms with E-state index in [0.29, 0.717) is 33.7 Å². The molecular formula is C19H18Cl2N2O3. The molecule has 3 rings (SSSR count). The summed E-state index contributed by atoms with van der Waals surface area (Å²) >= 11 is 12.7. The summed E-state index contributed by atoms with van der Waals surface area (Å²) in [5.74, 6) is 0.101. The third-order valence-corrected chi connectivity index (χ3v) is 4.77. The molecule has 0 spiro atoms. The van der Waals surface area contributed by atoms with Crippen LogP contribution >= 0.6 is 23.2 Å². The summed E-state index contributed by atoms with van der Waals surface area (Å²) in [7, 11) is 0. The van der Waals surface area contributed by atoms with Crippen LogP contribution in [0.5, 0.6) is 5.75 Å². The second-order valence-electron chi connectivity index (χ2n) is 5.89. The summed E-state index contributed by atoms with van der Waals surface area (Å²) in [6.07, 6.45) is 0. The lowest BCUT2D eigenvalue weighted by atomic mass is 10.1. The Balaban J connectivity index is 2.05. The van der Waals surface area contributed by atoms with E-state index in [1.807, 2.05) is 31.2 Å². The van der Waals surface area contributed by atoms with Crippen molar-refractivity contribution in [3.8, 4) is 5.75 Å². The van der Waals surface area contributed by atoms with E-state index < -0.39 is 6.04 Å². The fourth-order valence-corrected chi connectivity index (χ4v) is 3.62. The number of benzene rings is 2. The molecule has 1 atom stereocenters. The number of para-hydroxylation sites is 1. The molecule has 0 aliphatic carbocycles. The number of carbonyl (C=O) groups excluding carboxylic acids is 2. The Kier molecular flexibility index (Phi) is 5.39. The van der Waals surface area contributed by atoms with E-state index >= 15 is 0 Å². The van der Waals surface area contributed by atoms with Crippen molar-refractivity contribution in [3.05, 3.63) is 57.6 Å². The predicted octanol–water partition coefficient (Wildman–Crippen LogP) is 4.12. The van der Waals surface area contributed by atoms with Crippen molar-refractivity contribution in [2.75, 3.05) is 11.5 Å². The molecule has 1 aliphatic rings. The first-order valence-corrected chi connectivity index (χ1v) is 8.96. The molecule has 0 bridgehead atoms. The summed E-state index contributed by atoms with van der Waals surface area (Å²) in [6.45, 7) is 4.04. The zero-order valence-electron chi connectivity index (χ0n) is 14.4. The number of ether oxygens (including phenoxy) is 1. The van der Waals surface area contributed by atoms with Crippen LogP contribution in [0.25, 0.3) is 0 Å². The molecular weight excluding hydrogens is 375 g/mol. The molecule has 136 valence electrons. The number of nitrogens with zero attached hydrogens (tertiary/aromatic N) is 1. The van der Waals surface area contributed by atoms with Crippen molar-refractivity contribution < 1.29 is 14.3 Å². The highest BCUT2D eigenvalue weighted by Crippen LogP contribution is 2.45. The van der Waals surface area contributed by atoms with Gasteiger partial charge in [0.1, 0.15) is 11.8 Å². The van der Waals surface area contributed by atoms with Gasteiger partial charge in [0, 0.05) is 23.1 Å². The lowest BCUT2D eigenvalue weighted by Gasteiger charge is -2.21. The molecule has 0 aromatic heterocycles. The Hall–Kier alpha value is -2.24. The number of rotatable bonds is 5. The van der Waals surface area contributed by atoms with Crippen molar-refractivity contribution in [1.82, 2.24) is 5.32 Å². The van der Waals surface area contributed by atoms with Crippen LogP contribution < -0.4 is 15.0 Å². The Morgan fingerprint density at radius 3 is 2.58 bits per heavy atom. The molecule has 26 heavy (non-hydrogen) atoms. The highest BCUT2D eigenvalue weighted by Gasteiger charge is 2.41. The minimum atomic E-state index is -0.854. The SMILES string of the molecule is CCOc1ccccc1CN1C(=O)[C@@H](NC(C)=O)c2c(Cl)ccc(Cl)c21. The smallest absolute Gasteiger partial charge is 0.254 e. The normalized spacial score (nSPS) is 15.8. The molecule has 0 saturated carbocycles. The largest absolute Gasteiger partial charge is 0.494 e. The van der Waals surface area contributed by atoms with Gasteiger partial charge < -0.3 is 15.0 Å². The molecule has 0 saturated heterocycles. The summed E-state index contributed by atoms with van der Waals surface area (Å²) in [6, 6.07) is 9.92. The number of halogens is 2. The number of carbonyl (C=O) groups is 2. The van der Waals surface area contributed by atoms with Crippen molar-refractivity contribution in [2.24, 2.45) is 0 Å². The molecule has 5 nitrogen and oxygen atoms in total. The minimum absolute atomic E-state index is 0.262. The first-order chi connectivity index (χ1) is 12.4. The van der Waals surface area contributed by atoms with Crippen molar-refractivity contribution in [1.29, 1.82) is 0 Å². The average Bonchev–Trinajstić information content (AvgIpc) is 2.87. The lowest BCUT2D eigenvalue weighted by Crippen LogP contribution is -2.36. The average molecular weight is 393 g/mol.